The molecule has 3 rings (SSSR count). The molecule has 2 bridgehead atoms. The van der Waals surface area contributed by atoms with Crippen molar-refractivity contribution in [2.75, 3.05) is 27.3 Å². The third kappa shape index (κ3) is 3.46. The first kappa shape index (κ1) is 19.2. The highest BCUT2D eigenvalue weighted by molar-refractivity contribution is 7.89. The number of sulfonamides is 1. The highest BCUT2D eigenvalue weighted by atomic mass is 35.5. The van der Waals surface area contributed by atoms with Crippen molar-refractivity contribution in [1.29, 1.82) is 0 Å². The van der Waals surface area contributed by atoms with E-state index in [4.69, 9.17) is 9.47 Å². The van der Waals surface area contributed by atoms with Gasteiger partial charge in [0, 0.05) is 37.3 Å². The first-order valence-electron chi connectivity index (χ1n) is 7.63. The molecule has 2 heterocycles. The second-order valence-electron chi connectivity index (χ2n) is 5.93. The molecule has 2 saturated heterocycles. The molecule has 9 heteroatoms. The molecule has 1 N–H and O–H groups in total. The molecule has 136 valence electrons. The molecule has 1 aromatic carbocycles. The number of methoxy groups -OCH3 is 2. The lowest BCUT2D eigenvalue weighted by Gasteiger charge is -2.24. The number of benzene rings is 1. The third-order valence-corrected chi connectivity index (χ3v) is 6.42. The van der Waals surface area contributed by atoms with Gasteiger partial charge in [0.1, 0.15) is 10.7 Å². The number of hydrogen-bond acceptors (Lipinski definition) is 5. The third-order valence-electron chi connectivity index (χ3n) is 4.54. The summed E-state index contributed by atoms with van der Waals surface area (Å²) in [7, 11) is -1.15. The number of rotatable bonds is 4. The van der Waals surface area contributed by atoms with Crippen molar-refractivity contribution < 1.29 is 22.3 Å². The minimum absolute atomic E-state index is 0. The van der Waals surface area contributed by atoms with Gasteiger partial charge >= 0.3 is 0 Å². The van der Waals surface area contributed by atoms with E-state index in [0.717, 1.165) is 25.3 Å². The summed E-state index contributed by atoms with van der Waals surface area (Å²) in [6, 6.07) is 2.74. The molecule has 24 heavy (non-hydrogen) atoms. The Morgan fingerprint density at radius 3 is 2.42 bits per heavy atom. The van der Waals surface area contributed by atoms with Crippen LogP contribution in [0.1, 0.15) is 19.3 Å². The fraction of sp³-hybridized carbons (Fsp3) is 0.600. The molecule has 0 aliphatic carbocycles. The molecule has 0 amide bonds. The summed E-state index contributed by atoms with van der Waals surface area (Å²) in [4.78, 5) is -0.368. The molecule has 6 nitrogen and oxygen atoms in total. The van der Waals surface area contributed by atoms with Gasteiger partial charge in [-0.05, 0) is 19.3 Å². The Labute approximate surface area is 147 Å². The van der Waals surface area contributed by atoms with Gasteiger partial charge in [0.2, 0.25) is 10.0 Å². The number of nitrogens with one attached hydrogen (secondary N) is 1. The number of fused-ring (bicyclic) bond motifs is 2. The maximum Gasteiger partial charge on any atom is 0.246 e. The minimum atomic E-state index is -3.91. The standard InChI is InChI=1S/C15H21FN2O4S.ClH/c1-21-13-7-12(16)15(8-14(13)22-2)23(19,20)18-6-5-10-3-4-11(9-18)17-10;/h7-8,10-11,17H,3-6,9H2,1-2H3;1H. The summed E-state index contributed by atoms with van der Waals surface area (Å²) < 4.78 is 51.5. The largest absolute Gasteiger partial charge is 0.493 e. The van der Waals surface area contributed by atoms with E-state index in [1.807, 2.05) is 0 Å². The van der Waals surface area contributed by atoms with Crippen LogP contribution in [0.3, 0.4) is 0 Å². The molecule has 2 atom stereocenters. The Kier molecular flexibility index (Phi) is 5.95. The van der Waals surface area contributed by atoms with Crippen LogP contribution in [0.4, 0.5) is 4.39 Å². The van der Waals surface area contributed by atoms with Crippen molar-refractivity contribution in [1.82, 2.24) is 9.62 Å². The van der Waals surface area contributed by atoms with Crippen LogP contribution in [-0.4, -0.2) is 52.1 Å². The van der Waals surface area contributed by atoms with E-state index >= 15 is 0 Å². The molecule has 2 aliphatic heterocycles. The average molecular weight is 381 g/mol. The number of nitrogens with zero attached hydrogens (tertiary/aromatic N) is 1. The summed E-state index contributed by atoms with van der Waals surface area (Å²) in [5.74, 6) is -0.465. The van der Waals surface area contributed by atoms with Crippen LogP contribution in [0, 0.1) is 5.82 Å². The van der Waals surface area contributed by atoms with Gasteiger partial charge in [-0.2, -0.15) is 4.31 Å². The van der Waals surface area contributed by atoms with Crippen LogP contribution < -0.4 is 14.8 Å². The highest BCUT2D eigenvalue weighted by Crippen LogP contribution is 2.34. The first-order valence-corrected chi connectivity index (χ1v) is 9.07. The van der Waals surface area contributed by atoms with Crippen LogP contribution in [0.2, 0.25) is 0 Å². The molecular formula is C15H22ClFN2O4S. The first-order chi connectivity index (χ1) is 11.0. The van der Waals surface area contributed by atoms with E-state index in [-0.39, 0.29) is 34.8 Å². The van der Waals surface area contributed by atoms with Crippen LogP contribution in [-0.2, 0) is 10.0 Å². The number of ether oxygens (including phenoxy) is 2. The smallest absolute Gasteiger partial charge is 0.246 e. The number of halogens is 2. The van der Waals surface area contributed by atoms with Gasteiger partial charge in [0.25, 0.3) is 0 Å². The topological polar surface area (TPSA) is 67.9 Å². The van der Waals surface area contributed by atoms with E-state index in [0.29, 0.717) is 19.1 Å². The maximum absolute atomic E-state index is 14.3. The molecule has 0 spiro atoms. The fourth-order valence-electron chi connectivity index (χ4n) is 3.30. The fourth-order valence-corrected chi connectivity index (χ4v) is 4.86. The zero-order valence-corrected chi connectivity index (χ0v) is 15.3. The van der Waals surface area contributed by atoms with E-state index < -0.39 is 15.8 Å². The molecule has 2 unspecified atom stereocenters. The predicted molar refractivity (Wildman–Crippen MR) is 90.1 cm³/mol. The van der Waals surface area contributed by atoms with Crippen molar-refractivity contribution in [2.45, 2.75) is 36.2 Å². The van der Waals surface area contributed by atoms with Crippen molar-refractivity contribution >= 4 is 22.4 Å². The maximum atomic E-state index is 14.3. The Morgan fingerprint density at radius 2 is 1.75 bits per heavy atom. The Hall–Kier alpha value is -1.09. The van der Waals surface area contributed by atoms with Crippen LogP contribution >= 0.6 is 12.4 Å². The van der Waals surface area contributed by atoms with E-state index in [1.54, 1.807) is 0 Å². The van der Waals surface area contributed by atoms with Gasteiger partial charge in [-0.15, -0.1) is 12.4 Å². The summed E-state index contributed by atoms with van der Waals surface area (Å²) in [5, 5.41) is 3.42. The van der Waals surface area contributed by atoms with E-state index in [2.05, 4.69) is 5.32 Å². The lowest BCUT2D eigenvalue weighted by molar-refractivity contribution is 0.348. The van der Waals surface area contributed by atoms with Crippen molar-refractivity contribution in [2.24, 2.45) is 0 Å². The van der Waals surface area contributed by atoms with E-state index in [1.165, 1.54) is 24.6 Å². The Bertz CT molecular complexity index is 701. The molecular weight excluding hydrogens is 359 g/mol. The summed E-state index contributed by atoms with van der Waals surface area (Å²) in [6.45, 7) is 0.761. The Morgan fingerprint density at radius 1 is 1.12 bits per heavy atom. The molecule has 1 aromatic rings. The molecule has 2 aliphatic rings. The minimum Gasteiger partial charge on any atom is -0.493 e. The van der Waals surface area contributed by atoms with Crippen LogP contribution in [0.25, 0.3) is 0 Å². The quantitative estimate of drug-likeness (QED) is 0.862. The van der Waals surface area contributed by atoms with Crippen molar-refractivity contribution in [3.05, 3.63) is 17.9 Å². The monoisotopic (exact) mass is 380 g/mol. The summed E-state index contributed by atoms with van der Waals surface area (Å²) in [6.07, 6.45) is 2.76. The predicted octanol–water partition coefficient (Wildman–Crippen LogP) is 1.78. The second-order valence-corrected chi connectivity index (χ2v) is 7.83. The van der Waals surface area contributed by atoms with Gasteiger partial charge in [0.05, 0.1) is 14.2 Å². The van der Waals surface area contributed by atoms with Gasteiger partial charge in [-0.3, -0.25) is 0 Å². The SMILES string of the molecule is COc1cc(F)c(S(=O)(=O)N2CCC3CCC(C2)N3)cc1OC.Cl. The average Bonchev–Trinajstić information content (AvgIpc) is 2.85. The lowest BCUT2D eigenvalue weighted by atomic mass is 10.1. The molecule has 0 saturated carbocycles. The summed E-state index contributed by atoms with van der Waals surface area (Å²) in [5.41, 5.74) is 0. The molecule has 0 aromatic heterocycles. The van der Waals surface area contributed by atoms with Gasteiger partial charge in [0.15, 0.2) is 11.5 Å². The summed E-state index contributed by atoms with van der Waals surface area (Å²) >= 11 is 0. The molecule has 2 fully saturated rings. The van der Waals surface area contributed by atoms with Crippen LogP contribution in [0.5, 0.6) is 11.5 Å². The highest BCUT2D eigenvalue weighted by Gasteiger charge is 2.36. The van der Waals surface area contributed by atoms with Crippen molar-refractivity contribution in [3.63, 3.8) is 0 Å². The Balaban J connectivity index is 0.00000208. The zero-order valence-electron chi connectivity index (χ0n) is 13.6. The van der Waals surface area contributed by atoms with Crippen molar-refractivity contribution in [3.8, 4) is 11.5 Å². The van der Waals surface area contributed by atoms with Gasteiger partial charge < -0.3 is 14.8 Å². The van der Waals surface area contributed by atoms with Gasteiger partial charge in [-0.1, -0.05) is 0 Å². The molecule has 0 radical (unpaired) electrons. The lowest BCUT2D eigenvalue weighted by Crippen LogP contribution is -2.39. The van der Waals surface area contributed by atoms with Gasteiger partial charge in [-0.25, -0.2) is 12.8 Å². The van der Waals surface area contributed by atoms with E-state index in [9.17, 15) is 12.8 Å². The van der Waals surface area contributed by atoms with Crippen LogP contribution in [0.15, 0.2) is 17.0 Å². The number of hydrogen-bond donors (Lipinski definition) is 1. The zero-order chi connectivity index (χ0) is 16.6. The normalized spacial score (nSPS) is 24.1. The second kappa shape index (κ2) is 7.43.